The van der Waals surface area contributed by atoms with Crippen molar-refractivity contribution in [2.24, 2.45) is 5.73 Å². The van der Waals surface area contributed by atoms with Gasteiger partial charge in [0.15, 0.2) is 0 Å². The average molecular weight is 174 g/mol. The van der Waals surface area contributed by atoms with Crippen LogP contribution in [0.4, 0.5) is 0 Å². The van der Waals surface area contributed by atoms with Gasteiger partial charge in [-0.05, 0) is 0 Å². The topological polar surface area (TPSA) is 97.5 Å². The normalized spacial score (nSPS) is 14.9. The van der Waals surface area contributed by atoms with Crippen LogP contribution in [0.1, 0.15) is 0 Å². The van der Waals surface area contributed by atoms with Crippen LogP contribution >= 0.6 is 11.6 Å². The lowest BCUT2D eigenvalue weighted by atomic mass is 10.8. The summed E-state index contributed by atoms with van der Waals surface area (Å²) in [5.74, 6) is -1.29. The van der Waals surface area contributed by atoms with Gasteiger partial charge in [-0.2, -0.15) is 8.42 Å². The van der Waals surface area contributed by atoms with E-state index in [0.717, 1.165) is 0 Å². The second kappa shape index (κ2) is 2.51. The van der Waals surface area contributed by atoms with Crippen LogP contribution in [0.2, 0.25) is 0 Å². The highest BCUT2D eigenvalue weighted by Crippen LogP contribution is 2.01. The van der Waals surface area contributed by atoms with E-state index in [2.05, 4.69) is 5.73 Å². The molecule has 1 amide bonds. The summed E-state index contributed by atoms with van der Waals surface area (Å²) in [6.45, 7) is 0. The van der Waals surface area contributed by atoms with Crippen LogP contribution in [-0.2, 0) is 14.9 Å². The first-order chi connectivity index (χ1) is 3.85. The molecule has 0 spiro atoms. The molecular weight excluding hydrogens is 170 g/mol. The van der Waals surface area contributed by atoms with Gasteiger partial charge in [-0.1, -0.05) is 11.6 Å². The number of carbonyl (C=O) groups is 1. The van der Waals surface area contributed by atoms with Crippen LogP contribution in [0.5, 0.6) is 0 Å². The number of carbonyl (C=O) groups excluding carboxylic acids is 1. The molecule has 0 aliphatic rings. The largest absolute Gasteiger partial charge is 0.367 e. The Bertz CT molecular complexity index is 209. The van der Waals surface area contributed by atoms with Gasteiger partial charge < -0.3 is 5.73 Å². The number of primary amides is 1. The van der Waals surface area contributed by atoms with Gasteiger partial charge >= 0.3 is 0 Å². The summed E-state index contributed by atoms with van der Waals surface area (Å²) in [6, 6.07) is 0. The van der Waals surface area contributed by atoms with E-state index >= 15 is 0 Å². The highest BCUT2D eigenvalue weighted by atomic mass is 35.5. The number of halogens is 1. The third-order valence-corrected chi connectivity index (χ3v) is 2.13. The minimum atomic E-state index is -4.51. The highest BCUT2D eigenvalue weighted by Gasteiger charge is 2.25. The average Bonchev–Trinajstić information content (AvgIpc) is 1.62. The third kappa shape index (κ3) is 2.64. The predicted octanol–water partition coefficient (Wildman–Crippen LogP) is -1.08. The van der Waals surface area contributed by atoms with Gasteiger partial charge in [0.25, 0.3) is 16.0 Å². The molecule has 0 radical (unpaired) electrons. The summed E-state index contributed by atoms with van der Waals surface area (Å²) in [5, 5.41) is 0. The lowest BCUT2D eigenvalue weighted by Gasteiger charge is -1.97. The second-order valence-electron chi connectivity index (χ2n) is 1.23. The third-order valence-electron chi connectivity index (χ3n) is 0.485. The number of hydrogen-bond donors (Lipinski definition) is 2. The Kier molecular flexibility index (Phi) is 2.41. The van der Waals surface area contributed by atoms with E-state index in [-0.39, 0.29) is 0 Å². The summed E-state index contributed by atoms with van der Waals surface area (Å²) >= 11 is 4.78. The van der Waals surface area contributed by atoms with Gasteiger partial charge in [0.2, 0.25) is 4.71 Å². The minimum absolute atomic E-state index is 1.29. The van der Waals surface area contributed by atoms with E-state index in [1.165, 1.54) is 0 Å². The number of amides is 1. The van der Waals surface area contributed by atoms with Gasteiger partial charge in [0.05, 0.1) is 0 Å². The Morgan fingerprint density at radius 2 is 2.00 bits per heavy atom. The number of alkyl halides is 1. The van der Waals surface area contributed by atoms with Crippen LogP contribution in [0, 0.1) is 0 Å². The van der Waals surface area contributed by atoms with Gasteiger partial charge in [0, 0.05) is 0 Å². The zero-order valence-electron chi connectivity index (χ0n) is 4.11. The Hall–Kier alpha value is -0.330. The van der Waals surface area contributed by atoms with Crippen LogP contribution in [-0.4, -0.2) is 23.6 Å². The van der Waals surface area contributed by atoms with Crippen molar-refractivity contribution in [3.05, 3.63) is 0 Å². The summed E-state index contributed by atoms with van der Waals surface area (Å²) in [7, 11) is -4.51. The van der Waals surface area contributed by atoms with Gasteiger partial charge in [-0.25, -0.2) is 0 Å². The zero-order valence-corrected chi connectivity index (χ0v) is 5.69. The molecule has 0 aliphatic heterocycles. The summed E-state index contributed by atoms with van der Waals surface area (Å²) in [5.41, 5.74) is 4.41. The number of rotatable bonds is 2. The highest BCUT2D eigenvalue weighted by molar-refractivity contribution is 7.88. The maximum Gasteiger partial charge on any atom is 0.291 e. The van der Waals surface area contributed by atoms with Crippen LogP contribution < -0.4 is 5.73 Å². The summed E-state index contributed by atoms with van der Waals surface area (Å²) in [6.07, 6.45) is 0. The molecule has 0 aromatic carbocycles. The molecule has 0 aromatic heterocycles. The molecule has 0 saturated carbocycles. The molecule has 5 nitrogen and oxygen atoms in total. The Morgan fingerprint density at radius 1 is 1.67 bits per heavy atom. The molecule has 0 rings (SSSR count). The number of nitrogens with two attached hydrogens (primary N) is 1. The monoisotopic (exact) mass is 173 g/mol. The van der Waals surface area contributed by atoms with Crippen molar-refractivity contribution in [3.8, 4) is 0 Å². The number of hydrogen-bond acceptors (Lipinski definition) is 3. The van der Waals surface area contributed by atoms with Crippen LogP contribution in [0.15, 0.2) is 0 Å². The fourth-order valence-electron chi connectivity index (χ4n) is 0.147. The fourth-order valence-corrected chi connectivity index (χ4v) is 0.440. The van der Waals surface area contributed by atoms with Crippen molar-refractivity contribution in [2.75, 3.05) is 0 Å². The molecule has 3 N–H and O–H groups in total. The molecule has 0 fully saturated rings. The van der Waals surface area contributed by atoms with Crippen molar-refractivity contribution in [1.82, 2.24) is 0 Å². The molecular formula is C2H4ClNO4S. The Morgan fingerprint density at radius 3 is 2.00 bits per heavy atom. The van der Waals surface area contributed by atoms with E-state index in [4.69, 9.17) is 16.2 Å². The molecule has 0 bridgehead atoms. The Labute approximate surface area is 56.5 Å². The first kappa shape index (κ1) is 8.67. The molecule has 9 heavy (non-hydrogen) atoms. The molecule has 0 aliphatic carbocycles. The smallest absolute Gasteiger partial charge is 0.291 e. The molecule has 1 unspecified atom stereocenters. The van der Waals surface area contributed by atoms with Crippen molar-refractivity contribution >= 4 is 27.6 Å². The van der Waals surface area contributed by atoms with Gasteiger partial charge in [0.1, 0.15) is 0 Å². The van der Waals surface area contributed by atoms with Gasteiger partial charge in [-0.15, -0.1) is 0 Å². The lowest BCUT2D eigenvalue weighted by molar-refractivity contribution is -0.116. The molecule has 0 aromatic rings. The molecule has 7 heteroatoms. The fraction of sp³-hybridized carbons (Fsp3) is 0.500. The Balaban J connectivity index is 4.43. The molecule has 0 saturated heterocycles. The quantitative estimate of drug-likeness (QED) is 0.410. The van der Waals surface area contributed by atoms with Crippen molar-refractivity contribution in [2.45, 2.75) is 4.71 Å². The maximum atomic E-state index is 9.90. The van der Waals surface area contributed by atoms with Crippen molar-refractivity contribution in [1.29, 1.82) is 0 Å². The maximum absolute atomic E-state index is 9.90. The summed E-state index contributed by atoms with van der Waals surface area (Å²) in [4.78, 5) is 9.90. The van der Waals surface area contributed by atoms with E-state index in [9.17, 15) is 13.2 Å². The molecule has 54 valence electrons. The first-order valence-corrected chi connectivity index (χ1v) is 3.69. The standard InChI is InChI=1S/C2H4ClNO4S/c3-1(2(4)5)9(6,7)8/h1H,(H2,4,5)(H,6,7,8). The van der Waals surface area contributed by atoms with Crippen molar-refractivity contribution in [3.63, 3.8) is 0 Å². The summed E-state index contributed by atoms with van der Waals surface area (Å²) < 4.78 is 25.7. The molecule has 1 atom stereocenters. The van der Waals surface area contributed by atoms with Crippen molar-refractivity contribution < 1.29 is 17.8 Å². The lowest BCUT2D eigenvalue weighted by Crippen LogP contribution is -2.30. The van der Waals surface area contributed by atoms with E-state index in [1.54, 1.807) is 0 Å². The SMILES string of the molecule is NC(=O)C(Cl)S(=O)(=O)O. The van der Waals surface area contributed by atoms with Crippen LogP contribution in [0.25, 0.3) is 0 Å². The van der Waals surface area contributed by atoms with E-state index < -0.39 is 20.7 Å². The first-order valence-electron chi connectivity index (χ1n) is 1.75. The second-order valence-corrected chi connectivity index (χ2v) is 3.43. The predicted molar refractivity (Wildman–Crippen MR) is 30.4 cm³/mol. The van der Waals surface area contributed by atoms with E-state index in [1.807, 2.05) is 0 Å². The van der Waals surface area contributed by atoms with Crippen LogP contribution in [0.3, 0.4) is 0 Å². The zero-order chi connectivity index (χ0) is 7.65. The van der Waals surface area contributed by atoms with Gasteiger partial charge in [-0.3, -0.25) is 9.35 Å². The molecule has 0 heterocycles. The van der Waals surface area contributed by atoms with E-state index in [0.29, 0.717) is 0 Å². The minimum Gasteiger partial charge on any atom is -0.367 e.